The van der Waals surface area contributed by atoms with Crippen LogP contribution in [0.3, 0.4) is 0 Å². The lowest BCUT2D eigenvalue weighted by molar-refractivity contribution is 0.324. The van der Waals surface area contributed by atoms with E-state index in [1.165, 1.54) is 17.4 Å². The van der Waals surface area contributed by atoms with Gasteiger partial charge in [-0.2, -0.15) is 0 Å². The maximum atomic E-state index is 14.7. The van der Waals surface area contributed by atoms with Crippen molar-refractivity contribution in [3.63, 3.8) is 0 Å². The first-order chi connectivity index (χ1) is 14.4. The number of hydrogen-bond donors (Lipinski definition) is 1. The number of thiazole rings is 1. The standard InChI is InChI=1S/C20H20ClFN4O2S2/c21-17-7-20(30(27,28)12-16-11-29-13-24-16)18(22)8-19(17)25-15-4-6-26(10-15)9-14-3-1-2-5-23-14/h1-3,5,7-8,11,13,15,25H,4,6,9-10,12H2/t15-/m0/s1. The van der Waals surface area contributed by atoms with Crippen LogP contribution in [0.2, 0.25) is 5.02 Å². The maximum absolute atomic E-state index is 14.7. The van der Waals surface area contributed by atoms with Gasteiger partial charge in [-0.05, 0) is 30.7 Å². The summed E-state index contributed by atoms with van der Waals surface area (Å²) in [4.78, 5) is 10.2. The fourth-order valence-corrected chi connectivity index (χ4v) is 5.80. The zero-order valence-electron chi connectivity index (χ0n) is 16.0. The van der Waals surface area contributed by atoms with Crippen molar-refractivity contribution in [1.82, 2.24) is 14.9 Å². The van der Waals surface area contributed by atoms with Gasteiger partial charge in [0.15, 0.2) is 9.84 Å². The summed E-state index contributed by atoms with van der Waals surface area (Å²) >= 11 is 7.59. The van der Waals surface area contributed by atoms with Crippen LogP contribution in [-0.2, 0) is 22.1 Å². The van der Waals surface area contributed by atoms with E-state index in [9.17, 15) is 12.8 Å². The number of halogens is 2. The molecule has 1 atom stereocenters. The molecule has 3 aromatic rings. The normalized spacial score (nSPS) is 17.3. The van der Waals surface area contributed by atoms with E-state index in [1.54, 1.807) is 17.1 Å². The first kappa shape index (κ1) is 21.2. The number of aromatic nitrogens is 2. The van der Waals surface area contributed by atoms with Crippen molar-refractivity contribution in [3.05, 3.63) is 69.6 Å². The number of pyridine rings is 1. The van der Waals surface area contributed by atoms with E-state index in [0.29, 0.717) is 11.4 Å². The molecule has 1 aliphatic rings. The van der Waals surface area contributed by atoms with Gasteiger partial charge < -0.3 is 5.32 Å². The minimum absolute atomic E-state index is 0.0862. The van der Waals surface area contributed by atoms with Crippen molar-refractivity contribution in [2.24, 2.45) is 0 Å². The second kappa shape index (κ2) is 8.97. The van der Waals surface area contributed by atoms with E-state index in [-0.39, 0.29) is 16.8 Å². The van der Waals surface area contributed by atoms with Crippen molar-refractivity contribution in [3.8, 4) is 0 Å². The van der Waals surface area contributed by atoms with Gasteiger partial charge >= 0.3 is 0 Å². The van der Waals surface area contributed by atoms with Crippen molar-refractivity contribution in [1.29, 1.82) is 0 Å². The van der Waals surface area contributed by atoms with Crippen molar-refractivity contribution >= 4 is 38.5 Å². The number of nitrogens with zero attached hydrogens (tertiary/aromatic N) is 3. The minimum atomic E-state index is -3.88. The fraction of sp³-hybridized carbons (Fsp3) is 0.300. The molecule has 10 heteroatoms. The van der Waals surface area contributed by atoms with Crippen LogP contribution in [0.15, 0.2) is 52.3 Å². The summed E-state index contributed by atoms with van der Waals surface area (Å²) in [5.41, 5.74) is 3.32. The van der Waals surface area contributed by atoms with Gasteiger partial charge in [0.25, 0.3) is 0 Å². The molecule has 0 unspecified atom stereocenters. The summed E-state index contributed by atoms with van der Waals surface area (Å²) in [5, 5.41) is 5.06. The molecule has 0 aliphatic carbocycles. The number of likely N-dealkylation sites (tertiary alicyclic amines) is 1. The zero-order valence-corrected chi connectivity index (χ0v) is 18.4. The number of benzene rings is 1. The molecule has 6 nitrogen and oxygen atoms in total. The minimum Gasteiger partial charge on any atom is -0.380 e. The van der Waals surface area contributed by atoms with Crippen LogP contribution in [0, 0.1) is 5.82 Å². The Morgan fingerprint density at radius 2 is 2.13 bits per heavy atom. The fourth-order valence-electron chi connectivity index (χ4n) is 3.49. The number of sulfone groups is 1. The first-order valence-electron chi connectivity index (χ1n) is 9.38. The molecule has 3 heterocycles. The van der Waals surface area contributed by atoms with E-state index in [2.05, 4.69) is 20.2 Å². The third kappa shape index (κ3) is 4.97. The molecule has 1 N–H and O–H groups in total. The molecular weight excluding hydrogens is 447 g/mol. The van der Waals surface area contributed by atoms with Gasteiger partial charge in [-0.15, -0.1) is 11.3 Å². The Labute approximate surface area is 183 Å². The summed E-state index contributed by atoms with van der Waals surface area (Å²) in [6.07, 6.45) is 2.64. The molecular formula is C20H20ClFN4O2S2. The summed E-state index contributed by atoms with van der Waals surface area (Å²) in [6.45, 7) is 2.39. The Morgan fingerprint density at radius 3 is 2.87 bits per heavy atom. The molecule has 0 saturated carbocycles. The molecule has 2 aromatic heterocycles. The topological polar surface area (TPSA) is 75.2 Å². The van der Waals surface area contributed by atoms with E-state index in [0.717, 1.165) is 37.8 Å². The number of nitrogens with one attached hydrogen (secondary N) is 1. The van der Waals surface area contributed by atoms with Crippen LogP contribution in [0.4, 0.5) is 10.1 Å². The molecule has 1 aliphatic heterocycles. The van der Waals surface area contributed by atoms with E-state index >= 15 is 0 Å². The third-order valence-corrected chi connectivity index (χ3v) is 7.53. The highest BCUT2D eigenvalue weighted by atomic mass is 35.5. The monoisotopic (exact) mass is 466 g/mol. The van der Waals surface area contributed by atoms with Crippen LogP contribution < -0.4 is 5.32 Å². The number of anilines is 1. The number of hydrogen-bond acceptors (Lipinski definition) is 7. The molecule has 1 aromatic carbocycles. The van der Waals surface area contributed by atoms with Gasteiger partial charge in [-0.1, -0.05) is 17.7 Å². The maximum Gasteiger partial charge on any atom is 0.187 e. The predicted molar refractivity (Wildman–Crippen MR) is 116 cm³/mol. The van der Waals surface area contributed by atoms with Crippen LogP contribution in [0.1, 0.15) is 17.8 Å². The van der Waals surface area contributed by atoms with E-state index < -0.39 is 20.5 Å². The molecule has 158 valence electrons. The average Bonchev–Trinajstić information content (AvgIpc) is 3.37. The second-order valence-electron chi connectivity index (χ2n) is 7.19. The van der Waals surface area contributed by atoms with Crippen molar-refractivity contribution < 1.29 is 12.8 Å². The van der Waals surface area contributed by atoms with Crippen LogP contribution >= 0.6 is 22.9 Å². The average molecular weight is 467 g/mol. The largest absolute Gasteiger partial charge is 0.380 e. The summed E-state index contributed by atoms with van der Waals surface area (Å²) in [5.74, 6) is -1.18. The molecule has 0 spiro atoms. The molecule has 0 amide bonds. The van der Waals surface area contributed by atoms with Crippen molar-refractivity contribution in [2.45, 2.75) is 29.7 Å². The summed E-state index contributed by atoms with van der Waals surface area (Å²) in [6, 6.07) is 8.26. The lowest BCUT2D eigenvalue weighted by Gasteiger charge is -2.18. The van der Waals surface area contributed by atoms with Crippen LogP contribution in [-0.4, -0.2) is 42.4 Å². The Balaban J connectivity index is 1.44. The highest BCUT2D eigenvalue weighted by Gasteiger charge is 2.26. The SMILES string of the molecule is O=S(=O)(Cc1cscn1)c1cc(Cl)c(N[C@H]2CCN(Cc3ccccn3)C2)cc1F. The quantitative estimate of drug-likeness (QED) is 0.567. The first-order valence-corrected chi connectivity index (χ1v) is 12.4. The second-order valence-corrected chi connectivity index (χ2v) is 10.3. The van der Waals surface area contributed by atoms with Gasteiger partial charge in [0.1, 0.15) is 10.7 Å². The van der Waals surface area contributed by atoms with Gasteiger partial charge in [-0.25, -0.2) is 17.8 Å². The lowest BCUT2D eigenvalue weighted by atomic mass is 10.2. The van der Waals surface area contributed by atoms with E-state index in [1.807, 2.05) is 18.2 Å². The highest BCUT2D eigenvalue weighted by molar-refractivity contribution is 7.90. The summed E-state index contributed by atoms with van der Waals surface area (Å²) < 4.78 is 39.8. The molecule has 0 radical (unpaired) electrons. The van der Waals surface area contributed by atoms with Crippen LogP contribution in [0.5, 0.6) is 0 Å². The molecule has 1 saturated heterocycles. The Hall–Kier alpha value is -2.07. The molecule has 30 heavy (non-hydrogen) atoms. The Bertz CT molecular complexity index is 1110. The van der Waals surface area contributed by atoms with Gasteiger partial charge in [0, 0.05) is 37.3 Å². The summed E-state index contributed by atoms with van der Waals surface area (Å²) in [7, 11) is -3.88. The van der Waals surface area contributed by atoms with Crippen LogP contribution in [0.25, 0.3) is 0 Å². The van der Waals surface area contributed by atoms with Gasteiger partial charge in [0.05, 0.1) is 33.4 Å². The Kier molecular flexibility index (Phi) is 6.33. The van der Waals surface area contributed by atoms with Gasteiger partial charge in [-0.3, -0.25) is 9.88 Å². The highest BCUT2D eigenvalue weighted by Crippen LogP contribution is 2.31. The zero-order chi connectivity index (χ0) is 21.1. The third-order valence-electron chi connectivity index (χ3n) is 4.92. The van der Waals surface area contributed by atoms with Crippen molar-refractivity contribution in [2.75, 3.05) is 18.4 Å². The lowest BCUT2D eigenvalue weighted by Crippen LogP contribution is -2.26. The van der Waals surface area contributed by atoms with E-state index in [4.69, 9.17) is 11.6 Å². The predicted octanol–water partition coefficient (Wildman–Crippen LogP) is 3.99. The smallest absolute Gasteiger partial charge is 0.187 e. The van der Waals surface area contributed by atoms with Gasteiger partial charge in [0.2, 0.25) is 0 Å². The molecule has 4 rings (SSSR count). The number of rotatable bonds is 7. The molecule has 0 bridgehead atoms. The molecule has 1 fully saturated rings. The Morgan fingerprint density at radius 1 is 1.27 bits per heavy atom.